The number of hydrogen-bond acceptors (Lipinski definition) is 2. The molecule has 0 amide bonds. The van der Waals surface area contributed by atoms with Gasteiger partial charge >= 0.3 is 0 Å². The van der Waals surface area contributed by atoms with Crippen molar-refractivity contribution in [3.05, 3.63) is 222 Å². The molecular formula is C71H68N4OPt-2. The van der Waals surface area contributed by atoms with E-state index in [-0.39, 0.29) is 89.0 Å². The molecule has 0 aliphatic rings. The number of fused-ring (bicyclic) bond motifs is 4. The number of imidazole rings is 1. The Kier molecular flexibility index (Phi) is 10.1. The van der Waals surface area contributed by atoms with Gasteiger partial charge in [-0.05, 0) is 113 Å². The largest absolute Gasteiger partial charge is 0.510 e. The van der Waals surface area contributed by atoms with Crippen LogP contribution in [0.25, 0.3) is 83.4 Å². The van der Waals surface area contributed by atoms with Crippen LogP contribution in [-0.2, 0) is 42.7 Å². The summed E-state index contributed by atoms with van der Waals surface area (Å²) in [6, 6.07) is 37.1. The van der Waals surface area contributed by atoms with E-state index >= 15 is 0 Å². The van der Waals surface area contributed by atoms with Crippen LogP contribution >= 0.6 is 0 Å². The van der Waals surface area contributed by atoms with Gasteiger partial charge in [-0.15, -0.1) is 29.7 Å². The number of ether oxygens (including phenoxy) is 1. The van der Waals surface area contributed by atoms with Gasteiger partial charge in [0.05, 0.1) is 30.4 Å². The van der Waals surface area contributed by atoms with Gasteiger partial charge in [0.25, 0.3) is 6.33 Å². The van der Waals surface area contributed by atoms with E-state index in [1.54, 1.807) is 22.8 Å². The normalized spacial score (nSPS) is 14.9. The Morgan fingerprint density at radius 1 is 0.545 bits per heavy atom. The van der Waals surface area contributed by atoms with Gasteiger partial charge in [0.2, 0.25) is 0 Å². The second-order valence-electron chi connectivity index (χ2n) is 23.7. The molecule has 6 heteroatoms. The maximum atomic E-state index is 9.06. The first-order chi connectivity index (χ1) is 41.4. The molecule has 11 rings (SSSR count). The Bertz CT molecular complexity index is 4660. The molecule has 0 saturated carbocycles. The van der Waals surface area contributed by atoms with Crippen LogP contribution in [0.3, 0.4) is 0 Å². The molecule has 3 heterocycles. The Morgan fingerprint density at radius 2 is 1.19 bits per heavy atom. The number of rotatable bonds is 8. The summed E-state index contributed by atoms with van der Waals surface area (Å²) in [6.45, 7) is 23.9. The molecule has 0 aliphatic heterocycles. The molecular weight excluding hydrogens is 1120 g/mol. The predicted octanol–water partition coefficient (Wildman–Crippen LogP) is 18.1. The topological polar surface area (TPSA) is 35.9 Å². The summed E-state index contributed by atoms with van der Waals surface area (Å²) < 4.78 is 124. The second-order valence-corrected chi connectivity index (χ2v) is 23.7. The summed E-state index contributed by atoms with van der Waals surface area (Å²) in [5, 5.41) is 1.55. The van der Waals surface area contributed by atoms with Crippen LogP contribution in [0.4, 0.5) is 0 Å². The fourth-order valence-corrected chi connectivity index (χ4v) is 9.82. The average molecular weight is 1200 g/mol. The van der Waals surface area contributed by atoms with Gasteiger partial charge in [0.15, 0.2) is 0 Å². The van der Waals surface area contributed by atoms with E-state index < -0.39 is 60.6 Å². The molecule has 0 atom stereocenters. The minimum absolute atomic E-state index is 0. The SMILES string of the molecule is [2H]c1c([2H])c([2H])c(-c2ccc3c(c2)n(-c2[c-]c(Oc4[c-]c5c(cc4)c4ccccc4n5-c4cc(C([2H])([2H])[2H])c(-c5c([2H])c([2H])c([2H])c([2H])c5[2H])cn4)ccc2)[c-][n+]3-c2c(-c3cc(C(C)(C)C)cc(C(C)(C)C)c3)cc(C(C)(C)C)cc2C(C)(C)C)c([2H])c1[2H].[Pt]. The average Bonchev–Trinajstić information content (AvgIpc) is 1.43. The van der Waals surface area contributed by atoms with Crippen LogP contribution < -0.4 is 9.30 Å². The van der Waals surface area contributed by atoms with Crippen molar-refractivity contribution in [3.8, 4) is 62.1 Å². The van der Waals surface area contributed by atoms with Crippen LogP contribution in [0.5, 0.6) is 11.5 Å². The van der Waals surface area contributed by atoms with Gasteiger partial charge in [0, 0.05) is 54.0 Å². The van der Waals surface area contributed by atoms with E-state index in [0.717, 1.165) is 38.7 Å². The molecule has 77 heavy (non-hydrogen) atoms. The van der Waals surface area contributed by atoms with Crippen LogP contribution in [0.15, 0.2) is 176 Å². The molecule has 0 unspecified atom stereocenters. The first-order valence-corrected chi connectivity index (χ1v) is 25.6. The van der Waals surface area contributed by atoms with Crippen LogP contribution in [0.1, 0.15) is 129 Å². The van der Waals surface area contributed by atoms with Gasteiger partial charge < -0.3 is 13.9 Å². The molecule has 0 spiro atoms. The Balaban J connectivity index is 0.00000891. The summed E-state index contributed by atoms with van der Waals surface area (Å²) in [6.07, 6.45) is 5.01. The first-order valence-electron chi connectivity index (χ1n) is 32.1. The van der Waals surface area contributed by atoms with E-state index in [2.05, 4.69) is 136 Å². The molecule has 390 valence electrons. The van der Waals surface area contributed by atoms with E-state index in [1.165, 1.54) is 23.4 Å². The smallest absolute Gasteiger partial charge is 0.268 e. The molecule has 8 aromatic carbocycles. The number of aromatic nitrogens is 4. The van der Waals surface area contributed by atoms with Crippen molar-refractivity contribution >= 4 is 32.8 Å². The molecule has 3 aromatic heterocycles. The third-order valence-electron chi connectivity index (χ3n) is 14.1. The second kappa shape index (κ2) is 19.9. The predicted molar refractivity (Wildman–Crippen MR) is 316 cm³/mol. The maximum absolute atomic E-state index is 9.06. The third-order valence-corrected chi connectivity index (χ3v) is 14.1. The molecule has 5 nitrogen and oxygen atoms in total. The number of para-hydroxylation sites is 1. The minimum Gasteiger partial charge on any atom is -0.510 e. The Morgan fingerprint density at radius 3 is 1.86 bits per heavy atom. The van der Waals surface area contributed by atoms with Gasteiger partial charge in [-0.1, -0.05) is 210 Å². The van der Waals surface area contributed by atoms with Crippen molar-refractivity contribution in [2.45, 2.75) is 112 Å². The Labute approximate surface area is 488 Å². The third kappa shape index (κ3) is 10.2. The van der Waals surface area contributed by atoms with E-state index in [4.69, 9.17) is 27.5 Å². The number of benzene rings is 8. The van der Waals surface area contributed by atoms with E-state index in [9.17, 15) is 0 Å². The van der Waals surface area contributed by atoms with Crippen molar-refractivity contribution in [1.82, 2.24) is 14.1 Å². The minimum atomic E-state index is -2.81. The molecule has 0 fully saturated rings. The summed E-state index contributed by atoms with van der Waals surface area (Å²) in [5.74, 6) is 0.732. The summed E-state index contributed by atoms with van der Waals surface area (Å²) >= 11 is 0. The van der Waals surface area contributed by atoms with Crippen molar-refractivity contribution in [2.75, 3.05) is 0 Å². The summed E-state index contributed by atoms with van der Waals surface area (Å²) in [4.78, 5) is 4.73. The molecule has 11 aromatic rings. The fourth-order valence-electron chi connectivity index (χ4n) is 9.82. The summed E-state index contributed by atoms with van der Waals surface area (Å²) in [7, 11) is 0. The van der Waals surface area contributed by atoms with E-state index in [0.29, 0.717) is 33.3 Å². The maximum Gasteiger partial charge on any atom is 0.268 e. The number of hydrogen-bond donors (Lipinski definition) is 0. The fraction of sp³-hybridized carbons (Fsp3) is 0.239. The Hall–Kier alpha value is -7.33. The van der Waals surface area contributed by atoms with Crippen molar-refractivity contribution in [2.24, 2.45) is 0 Å². The van der Waals surface area contributed by atoms with Crippen LogP contribution in [-0.4, -0.2) is 14.1 Å². The van der Waals surface area contributed by atoms with E-state index in [1.807, 2.05) is 59.2 Å². The number of aryl methyl sites for hydroxylation is 1. The molecule has 0 saturated heterocycles. The van der Waals surface area contributed by atoms with Gasteiger partial charge in [-0.3, -0.25) is 4.57 Å². The standard InChI is InChI=1S/C71H68N4O.Pt/c1-46-35-66(72-44-60(46)48-25-18-15-19-26-48)75-62-30-21-20-29-57(62)58-33-32-56(43-64(58)75)76-55-28-22-27-54(42-55)73-45-74(63-34-31-49(38-65(63)73)47-23-16-14-17-24-47)67-59(40-53(70(8,9)10)41-61(67)71(11,12)13)50-36-51(68(2,3)4)39-52(37-50)69(5,6)7;/h14-41,44H,1-13H3;/q-2;/i1D3,14D,15D,16D,17D,18D,19D,23D,24D,25D,26D;. The zero-order valence-corrected chi connectivity index (χ0v) is 47.8. The van der Waals surface area contributed by atoms with Gasteiger partial charge in [0.1, 0.15) is 5.82 Å². The monoisotopic (exact) mass is 1200 g/mol. The number of nitrogens with zero attached hydrogens (tertiary/aromatic N) is 4. The number of pyridine rings is 1. The van der Waals surface area contributed by atoms with Crippen molar-refractivity contribution in [1.29, 1.82) is 0 Å². The van der Waals surface area contributed by atoms with Gasteiger partial charge in [-0.2, -0.15) is 18.2 Å². The molecule has 0 radical (unpaired) electrons. The zero-order valence-electron chi connectivity index (χ0n) is 58.5. The first kappa shape index (κ1) is 39.1. The van der Waals surface area contributed by atoms with Crippen LogP contribution in [0, 0.1) is 25.3 Å². The van der Waals surface area contributed by atoms with Crippen molar-refractivity contribution in [3.63, 3.8) is 0 Å². The van der Waals surface area contributed by atoms with Gasteiger partial charge in [-0.25, -0.2) is 4.98 Å². The zero-order chi connectivity index (χ0) is 64.7. The molecule has 0 bridgehead atoms. The summed E-state index contributed by atoms with van der Waals surface area (Å²) in [5.41, 5.74) is 9.22. The molecule has 0 aliphatic carbocycles. The molecule has 0 N–H and O–H groups in total. The van der Waals surface area contributed by atoms with Crippen LogP contribution in [0.2, 0.25) is 0 Å². The quantitative estimate of drug-likeness (QED) is 0.112. The van der Waals surface area contributed by atoms with Crippen molar-refractivity contribution < 1.29 is 48.2 Å².